The van der Waals surface area contributed by atoms with Crippen LogP contribution in [0.3, 0.4) is 0 Å². The van der Waals surface area contributed by atoms with Crippen LogP contribution < -0.4 is 5.32 Å². The Morgan fingerprint density at radius 3 is 2.57 bits per heavy atom. The maximum absolute atomic E-state index is 12.9. The molecule has 0 spiro atoms. The van der Waals surface area contributed by atoms with Crippen LogP contribution in [-0.2, 0) is 22.3 Å². The number of rotatable bonds is 3. The van der Waals surface area contributed by atoms with Gasteiger partial charge in [-0.05, 0) is 30.4 Å². The summed E-state index contributed by atoms with van der Waals surface area (Å²) in [6.45, 7) is 0.224. The first-order valence-electron chi connectivity index (χ1n) is 7.22. The number of hydrogen-bond donors (Lipinski definition) is 1. The van der Waals surface area contributed by atoms with E-state index in [0.717, 1.165) is 18.9 Å². The summed E-state index contributed by atoms with van der Waals surface area (Å²) in [5, 5.41) is 2.10. The summed E-state index contributed by atoms with van der Waals surface area (Å²) in [7, 11) is 0. The van der Waals surface area contributed by atoms with Crippen LogP contribution in [0.5, 0.6) is 0 Å². The van der Waals surface area contributed by atoms with Crippen LogP contribution in [0.15, 0.2) is 18.2 Å². The standard InChI is InChI=1S/C15H14ClF3N2O2/c16-12-9(2-1-3-10(12)15(17,18)19)7-21-11(8-4-5-8)6-20-13(22)14(21)23/h1-3,8,11H,4-7H2,(H,20,22). The molecule has 0 aromatic heterocycles. The first-order valence-corrected chi connectivity index (χ1v) is 7.60. The first-order chi connectivity index (χ1) is 10.8. The minimum atomic E-state index is -4.56. The molecule has 0 bridgehead atoms. The summed E-state index contributed by atoms with van der Waals surface area (Å²) in [6.07, 6.45) is -2.67. The monoisotopic (exact) mass is 346 g/mol. The predicted molar refractivity (Wildman–Crippen MR) is 76.5 cm³/mol. The van der Waals surface area contributed by atoms with Gasteiger partial charge in [-0.1, -0.05) is 23.7 Å². The summed E-state index contributed by atoms with van der Waals surface area (Å²) in [5.41, 5.74) is -0.747. The van der Waals surface area contributed by atoms with E-state index in [1.807, 2.05) is 0 Å². The number of hydrogen-bond acceptors (Lipinski definition) is 2. The molecule has 1 aromatic carbocycles. The zero-order valence-electron chi connectivity index (χ0n) is 12.0. The van der Waals surface area contributed by atoms with Crippen LogP contribution in [0.1, 0.15) is 24.0 Å². The lowest BCUT2D eigenvalue weighted by Crippen LogP contribution is -2.58. The number of carbonyl (C=O) groups excluding carboxylic acids is 2. The maximum Gasteiger partial charge on any atom is 0.417 e. The Labute approximate surface area is 135 Å². The number of amides is 2. The van der Waals surface area contributed by atoms with Crippen LogP contribution in [0.2, 0.25) is 5.02 Å². The molecular weight excluding hydrogens is 333 g/mol. The molecule has 1 atom stereocenters. The fourth-order valence-electron chi connectivity index (χ4n) is 2.86. The highest BCUT2D eigenvalue weighted by Crippen LogP contribution is 2.39. The SMILES string of the molecule is O=C1NCC(C2CC2)N(Cc2cccc(C(F)(F)F)c2Cl)C1=O. The van der Waals surface area contributed by atoms with Crippen LogP contribution in [0.4, 0.5) is 13.2 Å². The minimum absolute atomic E-state index is 0.101. The van der Waals surface area contributed by atoms with E-state index in [2.05, 4.69) is 5.32 Å². The van der Waals surface area contributed by atoms with Crippen LogP contribution >= 0.6 is 11.6 Å². The summed E-state index contributed by atoms with van der Waals surface area (Å²) >= 11 is 5.88. The van der Waals surface area contributed by atoms with Gasteiger partial charge < -0.3 is 10.2 Å². The normalized spacial score (nSPS) is 22.3. The zero-order valence-corrected chi connectivity index (χ0v) is 12.7. The molecule has 2 fully saturated rings. The van der Waals surface area contributed by atoms with Gasteiger partial charge in [0.2, 0.25) is 0 Å². The third-order valence-corrected chi connectivity index (χ3v) is 4.66. The second kappa shape index (κ2) is 5.70. The lowest BCUT2D eigenvalue weighted by molar-refractivity contribution is -0.151. The zero-order chi connectivity index (χ0) is 16.8. The molecule has 4 nitrogen and oxygen atoms in total. The third kappa shape index (κ3) is 3.15. The van der Waals surface area contributed by atoms with Crippen molar-refractivity contribution in [1.82, 2.24) is 10.2 Å². The molecule has 2 amide bonds. The topological polar surface area (TPSA) is 49.4 Å². The Balaban J connectivity index is 1.90. The lowest BCUT2D eigenvalue weighted by Gasteiger charge is -2.35. The molecule has 2 aliphatic rings. The van der Waals surface area contributed by atoms with Gasteiger partial charge >= 0.3 is 18.0 Å². The van der Waals surface area contributed by atoms with Gasteiger partial charge in [-0.3, -0.25) is 9.59 Å². The van der Waals surface area contributed by atoms with Crippen molar-refractivity contribution in [3.05, 3.63) is 34.3 Å². The number of piperazine rings is 1. The van der Waals surface area contributed by atoms with Crippen molar-refractivity contribution in [3.8, 4) is 0 Å². The van der Waals surface area contributed by atoms with E-state index in [1.54, 1.807) is 0 Å². The molecular formula is C15H14ClF3N2O2. The Bertz CT molecular complexity index is 659. The Hall–Kier alpha value is -1.76. The van der Waals surface area contributed by atoms with Gasteiger partial charge in [-0.15, -0.1) is 0 Å². The van der Waals surface area contributed by atoms with Crippen molar-refractivity contribution < 1.29 is 22.8 Å². The quantitative estimate of drug-likeness (QED) is 0.855. The predicted octanol–water partition coefficient (Wildman–Crippen LogP) is 2.60. The Kier molecular flexibility index (Phi) is 4.00. The van der Waals surface area contributed by atoms with Crippen molar-refractivity contribution in [2.75, 3.05) is 6.54 Å². The van der Waals surface area contributed by atoms with E-state index >= 15 is 0 Å². The van der Waals surface area contributed by atoms with E-state index in [9.17, 15) is 22.8 Å². The van der Waals surface area contributed by atoms with Crippen molar-refractivity contribution in [2.45, 2.75) is 31.6 Å². The van der Waals surface area contributed by atoms with Crippen molar-refractivity contribution in [2.24, 2.45) is 5.92 Å². The molecule has 1 aliphatic carbocycles. The number of alkyl halides is 3. The second-order valence-electron chi connectivity index (χ2n) is 5.82. The highest BCUT2D eigenvalue weighted by Gasteiger charge is 2.43. The molecule has 23 heavy (non-hydrogen) atoms. The summed E-state index contributed by atoms with van der Waals surface area (Å²) in [6, 6.07) is 3.41. The van der Waals surface area contributed by atoms with E-state index in [0.29, 0.717) is 6.54 Å². The molecule has 1 saturated carbocycles. The van der Waals surface area contributed by atoms with Crippen molar-refractivity contribution in [1.29, 1.82) is 0 Å². The fourth-order valence-corrected chi connectivity index (χ4v) is 3.15. The lowest BCUT2D eigenvalue weighted by atomic mass is 10.0. The molecule has 0 radical (unpaired) electrons. The van der Waals surface area contributed by atoms with Crippen molar-refractivity contribution in [3.63, 3.8) is 0 Å². The average molecular weight is 347 g/mol. The molecule has 1 aliphatic heterocycles. The van der Waals surface area contributed by atoms with Gasteiger partial charge in [-0.25, -0.2) is 0 Å². The van der Waals surface area contributed by atoms with Gasteiger partial charge in [0.05, 0.1) is 16.6 Å². The third-order valence-electron chi connectivity index (χ3n) is 4.22. The molecule has 124 valence electrons. The second-order valence-corrected chi connectivity index (χ2v) is 6.20. The van der Waals surface area contributed by atoms with Gasteiger partial charge in [-0.2, -0.15) is 13.2 Å². The summed E-state index contributed by atoms with van der Waals surface area (Å²) < 4.78 is 38.8. The highest BCUT2D eigenvalue weighted by molar-refractivity contribution is 6.35. The van der Waals surface area contributed by atoms with Gasteiger partial charge in [0.1, 0.15) is 0 Å². The Morgan fingerprint density at radius 1 is 1.26 bits per heavy atom. The number of nitrogens with one attached hydrogen (secondary N) is 1. The molecule has 8 heteroatoms. The van der Waals surface area contributed by atoms with Crippen molar-refractivity contribution >= 4 is 23.4 Å². The first kappa shape index (κ1) is 16.1. The summed E-state index contributed by atoms with van der Waals surface area (Å²) in [5.74, 6) is -1.17. The van der Waals surface area contributed by atoms with E-state index in [4.69, 9.17) is 11.6 Å². The fraction of sp³-hybridized carbons (Fsp3) is 0.467. The summed E-state index contributed by atoms with van der Waals surface area (Å²) in [4.78, 5) is 25.0. The smallest absolute Gasteiger partial charge is 0.346 e. The van der Waals surface area contributed by atoms with Crippen LogP contribution in [0.25, 0.3) is 0 Å². The van der Waals surface area contributed by atoms with E-state index in [-0.39, 0.29) is 24.1 Å². The molecule has 1 unspecified atom stereocenters. The Morgan fingerprint density at radius 2 is 1.96 bits per heavy atom. The maximum atomic E-state index is 12.9. The van der Waals surface area contributed by atoms with Gasteiger partial charge in [0.15, 0.2) is 0 Å². The molecule has 1 aromatic rings. The molecule has 1 N–H and O–H groups in total. The highest BCUT2D eigenvalue weighted by atomic mass is 35.5. The average Bonchev–Trinajstić information content (AvgIpc) is 3.29. The molecule has 1 saturated heterocycles. The minimum Gasteiger partial charge on any atom is -0.346 e. The van der Waals surface area contributed by atoms with Gasteiger partial charge in [0, 0.05) is 13.1 Å². The van der Waals surface area contributed by atoms with E-state index in [1.165, 1.54) is 17.0 Å². The van der Waals surface area contributed by atoms with E-state index < -0.39 is 28.6 Å². The number of nitrogens with zero attached hydrogens (tertiary/aromatic N) is 1. The van der Waals surface area contributed by atoms with Crippen LogP contribution in [0, 0.1) is 5.92 Å². The van der Waals surface area contributed by atoms with Gasteiger partial charge in [0.25, 0.3) is 0 Å². The number of halogens is 4. The number of benzene rings is 1. The molecule has 1 heterocycles. The number of carbonyl (C=O) groups is 2. The largest absolute Gasteiger partial charge is 0.417 e. The molecule has 3 rings (SSSR count). The van der Waals surface area contributed by atoms with Crippen LogP contribution in [-0.4, -0.2) is 29.3 Å².